The van der Waals surface area contributed by atoms with Crippen LogP contribution in [-0.2, 0) is 29.7 Å². The van der Waals surface area contributed by atoms with E-state index in [9.17, 15) is 0 Å². The van der Waals surface area contributed by atoms with Crippen LogP contribution in [0.1, 0.15) is 64.7 Å². The van der Waals surface area contributed by atoms with Crippen LogP contribution in [0, 0.1) is 0 Å². The van der Waals surface area contributed by atoms with Gasteiger partial charge in [0, 0.05) is 43.8 Å². The SMILES string of the molecule is CC(C)OCCCCn1c(C(C)(C)C)nc2c1CCNC2. The van der Waals surface area contributed by atoms with Crippen LogP contribution in [0.15, 0.2) is 0 Å². The topological polar surface area (TPSA) is 39.1 Å². The van der Waals surface area contributed by atoms with E-state index in [1.54, 1.807) is 0 Å². The molecule has 0 saturated heterocycles. The molecule has 4 nitrogen and oxygen atoms in total. The zero-order chi connectivity index (χ0) is 15.5. The lowest BCUT2D eigenvalue weighted by Gasteiger charge is -2.22. The van der Waals surface area contributed by atoms with Gasteiger partial charge >= 0.3 is 0 Å². The number of nitrogens with zero attached hydrogens (tertiary/aromatic N) is 2. The quantitative estimate of drug-likeness (QED) is 0.819. The molecule has 0 amide bonds. The molecular formula is C17H31N3O. The lowest BCUT2D eigenvalue weighted by molar-refractivity contribution is 0.0753. The molecule has 0 atom stereocenters. The van der Waals surface area contributed by atoms with Gasteiger partial charge in [-0.1, -0.05) is 20.8 Å². The Hall–Kier alpha value is -0.870. The standard InChI is InChI=1S/C17H31N3O/c1-13(2)21-11-7-6-10-20-15-8-9-18-12-14(15)19-16(20)17(3,4)5/h13,18H,6-12H2,1-5H3. The maximum atomic E-state index is 5.64. The van der Waals surface area contributed by atoms with Crippen molar-refractivity contribution in [1.29, 1.82) is 0 Å². The molecule has 0 aromatic carbocycles. The van der Waals surface area contributed by atoms with E-state index < -0.39 is 0 Å². The highest BCUT2D eigenvalue weighted by molar-refractivity contribution is 5.23. The third kappa shape index (κ3) is 4.30. The Bertz CT molecular complexity index is 457. The highest BCUT2D eigenvalue weighted by atomic mass is 16.5. The van der Waals surface area contributed by atoms with Crippen molar-refractivity contribution >= 4 is 0 Å². The number of ether oxygens (including phenoxy) is 1. The number of aromatic nitrogens is 2. The summed E-state index contributed by atoms with van der Waals surface area (Å²) in [5, 5.41) is 3.43. The van der Waals surface area contributed by atoms with Gasteiger partial charge in [-0.25, -0.2) is 4.98 Å². The van der Waals surface area contributed by atoms with Crippen LogP contribution in [0.2, 0.25) is 0 Å². The van der Waals surface area contributed by atoms with Crippen molar-refractivity contribution < 1.29 is 4.74 Å². The molecule has 0 saturated carbocycles. The molecule has 120 valence electrons. The number of unbranched alkanes of at least 4 members (excludes halogenated alkanes) is 1. The fourth-order valence-corrected chi connectivity index (χ4v) is 2.88. The van der Waals surface area contributed by atoms with E-state index in [0.29, 0.717) is 6.10 Å². The van der Waals surface area contributed by atoms with Gasteiger partial charge in [-0.05, 0) is 26.7 Å². The van der Waals surface area contributed by atoms with Gasteiger partial charge in [0.2, 0.25) is 0 Å². The summed E-state index contributed by atoms with van der Waals surface area (Å²) in [5.41, 5.74) is 2.80. The highest BCUT2D eigenvalue weighted by Gasteiger charge is 2.26. The second kappa shape index (κ2) is 6.93. The number of rotatable bonds is 6. The van der Waals surface area contributed by atoms with Crippen molar-refractivity contribution in [2.45, 2.75) is 78.5 Å². The fourth-order valence-electron chi connectivity index (χ4n) is 2.88. The third-order valence-corrected chi connectivity index (χ3v) is 3.88. The first-order valence-electron chi connectivity index (χ1n) is 8.30. The molecule has 21 heavy (non-hydrogen) atoms. The predicted octanol–water partition coefficient (Wildman–Crippen LogP) is 3.03. The lowest BCUT2D eigenvalue weighted by atomic mass is 9.95. The minimum atomic E-state index is 0.103. The number of hydrogen-bond donors (Lipinski definition) is 1. The summed E-state index contributed by atoms with van der Waals surface area (Å²) >= 11 is 0. The molecule has 4 heteroatoms. The van der Waals surface area contributed by atoms with Crippen LogP contribution >= 0.6 is 0 Å². The van der Waals surface area contributed by atoms with Crippen molar-refractivity contribution in [1.82, 2.24) is 14.9 Å². The molecule has 0 radical (unpaired) electrons. The first kappa shape index (κ1) is 16.5. The smallest absolute Gasteiger partial charge is 0.114 e. The van der Waals surface area contributed by atoms with Crippen molar-refractivity contribution in [3.63, 3.8) is 0 Å². The Kier molecular flexibility index (Phi) is 5.44. The zero-order valence-corrected chi connectivity index (χ0v) is 14.3. The number of imidazole rings is 1. The number of hydrogen-bond acceptors (Lipinski definition) is 3. The molecule has 0 spiro atoms. The zero-order valence-electron chi connectivity index (χ0n) is 14.3. The van der Waals surface area contributed by atoms with Gasteiger partial charge < -0.3 is 14.6 Å². The maximum absolute atomic E-state index is 5.64. The fraction of sp³-hybridized carbons (Fsp3) is 0.824. The van der Waals surface area contributed by atoms with E-state index >= 15 is 0 Å². The molecule has 1 aliphatic heterocycles. The van der Waals surface area contributed by atoms with E-state index in [2.05, 4.69) is 44.5 Å². The van der Waals surface area contributed by atoms with Crippen LogP contribution < -0.4 is 5.32 Å². The average Bonchev–Trinajstić information content (AvgIpc) is 2.77. The Morgan fingerprint density at radius 1 is 1.29 bits per heavy atom. The molecule has 2 heterocycles. The number of fused-ring (bicyclic) bond motifs is 1. The van der Waals surface area contributed by atoms with Gasteiger partial charge in [0.15, 0.2) is 0 Å². The Balaban J connectivity index is 2.04. The van der Waals surface area contributed by atoms with Crippen LogP contribution in [-0.4, -0.2) is 28.8 Å². The van der Waals surface area contributed by atoms with Crippen LogP contribution in [0.25, 0.3) is 0 Å². The molecule has 0 aliphatic carbocycles. The molecule has 0 unspecified atom stereocenters. The summed E-state index contributed by atoms with van der Waals surface area (Å²) in [6.07, 6.45) is 3.71. The number of nitrogens with one attached hydrogen (secondary N) is 1. The molecular weight excluding hydrogens is 262 g/mol. The molecule has 1 aromatic heterocycles. The Labute approximate surface area is 129 Å². The minimum Gasteiger partial charge on any atom is -0.379 e. The van der Waals surface area contributed by atoms with E-state index in [4.69, 9.17) is 9.72 Å². The summed E-state index contributed by atoms with van der Waals surface area (Å²) in [5.74, 6) is 1.24. The van der Waals surface area contributed by atoms with Gasteiger partial charge in [0.05, 0.1) is 11.8 Å². The molecule has 2 rings (SSSR count). The van der Waals surface area contributed by atoms with Crippen LogP contribution in [0.4, 0.5) is 0 Å². The van der Waals surface area contributed by atoms with E-state index in [1.807, 2.05) is 0 Å². The van der Waals surface area contributed by atoms with Crippen LogP contribution in [0.5, 0.6) is 0 Å². The monoisotopic (exact) mass is 293 g/mol. The van der Waals surface area contributed by atoms with Gasteiger partial charge in [-0.15, -0.1) is 0 Å². The molecule has 0 fully saturated rings. The lowest BCUT2D eigenvalue weighted by Crippen LogP contribution is -2.25. The van der Waals surface area contributed by atoms with Gasteiger partial charge in [-0.3, -0.25) is 0 Å². The van der Waals surface area contributed by atoms with E-state index in [1.165, 1.54) is 17.2 Å². The largest absolute Gasteiger partial charge is 0.379 e. The van der Waals surface area contributed by atoms with Crippen molar-refractivity contribution in [3.05, 3.63) is 17.2 Å². The first-order chi connectivity index (χ1) is 9.89. The van der Waals surface area contributed by atoms with Gasteiger partial charge in [-0.2, -0.15) is 0 Å². The summed E-state index contributed by atoms with van der Waals surface area (Å²) in [6, 6.07) is 0. The van der Waals surface area contributed by atoms with Gasteiger partial charge in [0.1, 0.15) is 5.82 Å². The second-order valence-electron chi connectivity index (χ2n) is 7.28. The van der Waals surface area contributed by atoms with Crippen molar-refractivity contribution in [2.24, 2.45) is 0 Å². The second-order valence-corrected chi connectivity index (χ2v) is 7.28. The third-order valence-electron chi connectivity index (χ3n) is 3.88. The molecule has 1 aliphatic rings. The van der Waals surface area contributed by atoms with Crippen molar-refractivity contribution in [3.8, 4) is 0 Å². The summed E-state index contributed by atoms with van der Waals surface area (Å²) in [7, 11) is 0. The maximum Gasteiger partial charge on any atom is 0.114 e. The summed E-state index contributed by atoms with van der Waals surface area (Å²) in [4.78, 5) is 4.92. The van der Waals surface area contributed by atoms with Gasteiger partial charge in [0.25, 0.3) is 0 Å². The summed E-state index contributed by atoms with van der Waals surface area (Å²) < 4.78 is 8.11. The molecule has 0 bridgehead atoms. The van der Waals surface area contributed by atoms with Crippen molar-refractivity contribution in [2.75, 3.05) is 13.2 Å². The molecule has 1 aromatic rings. The predicted molar refractivity (Wildman–Crippen MR) is 86.7 cm³/mol. The highest BCUT2D eigenvalue weighted by Crippen LogP contribution is 2.26. The molecule has 1 N–H and O–H groups in total. The van der Waals surface area contributed by atoms with E-state index in [0.717, 1.165) is 45.5 Å². The minimum absolute atomic E-state index is 0.103. The van der Waals surface area contributed by atoms with E-state index in [-0.39, 0.29) is 5.41 Å². The Morgan fingerprint density at radius 2 is 2.05 bits per heavy atom. The Morgan fingerprint density at radius 3 is 2.71 bits per heavy atom. The normalized spacial score (nSPS) is 15.5. The van der Waals surface area contributed by atoms with Crippen LogP contribution in [0.3, 0.4) is 0 Å². The first-order valence-corrected chi connectivity index (χ1v) is 8.30. The average molecular weight is 293 g/mol. The summed E-state index contributed by atoms with van der Waals surface area (Å²) in [6.45, 7) is 14.9.